The van der Waals surface area contributed by atoms with Crippen molar-refractivity contribution in [2.75, 3.05) is 10.6 Å². The number of rotatable bonds is 5. The maximum atomic E-state index is 13.2. The molecule has 0 saturated heterocycles. The molecule has 0 aliphatic heterocycles. The molecule has 126 valence electrons. The zero-order valence-corrected chi connectivity index (χ0v) is 13.7. The molecular formula is C17H13ClFN5O. The zero-order valence-electron chi connectivity index (χ0n) is 12.9. The van der Waals surface area contributed by atoms with E-state index in [1.54, 1.807) is 12.4 Å². The Morgan fingerprint density at radius 3 is 2.84 bits per heavy atom. The molecule has 2 heterocycles. The normalized spacial score (nSPS) is 10.3. The lowest BCUT2D eigenvalue weighted by molar-refractivity contribution is 0.102. The van der Waals surface area contributed by atoms with E-state index in [4.69, 9.17) is 11.6 Å². The lowest BCUT2D eigenvalue weighted by Gasteiger charge is -2.08. The predicted octanol–water partition coefficient (Wildman–Crippen LogP) is 3.53. The summed E-state index contributed by atoms with van der Waals surface area (Å²) in [5.74, 6) is -0.501. The standard InChI is InChI=1S/C17H13ClFN5O/c18-13-6-12(3-4-14(13)19)24-17(25)15-7-16(23-10-22-15)21-9-11-2-1-5-20-8-11/h1-8,10H,9H2,(H,24,25)(H,21,22,23). The van der Waals surface area contributed by atoms with E-state index in [-0.39, 0.29) is 10.7 Å². The monoisotopic (exact) mass is 357 g/mol. The van der Waals surface area contributed by atoms with E-state index in [1.807, 2.05) is 12.1 Å². The average Bonchev–Trinajstić information content (AvgIpc) is 2.64. The van der Waals surface area contributed by atoms with Crippen LogP contribution in [0.2, 0.25) is 5.02 Å². The smallest absolute Gasteiger partial charge is 0.274 e. The van der Waals surface area contributed by atoms with Crippen molar-refractivity contribution >= 4 is 29.0 Å². The van der Waals surface area contributed by atoms with Gasteiger partial charge in [0.1, 0.15) is 23.7 Å². The van der Waals surface area contributed by atoms with Crippen LogP contribution in [-0.2, 0) is 6.54 Å². The van der Waals surface area contributed by atoms with Gasteiger partial charge in [-0.15, -0.1) is 0 Å². The van der Waals surface area contributed by atoms with Crippen LogP contribution < -0.4 is 10.6 Å². The number of hydrogen-bond acceptors (Lipinski definition) is 5. The van der Waals surface area contributed by atoms with Gasteiger partial charge in [0.2, 0.25) is 0 Å². The van der Waals surface area contributed by atoms with Crippen molar-refractivity contribution in [3.63, 3.8) is 0 Å². The Kier molecular flexibility index (Phi) is 5.15. The van der Waals surface area contributed by atoms with Crippen LogP contribution in [0.4, 0.5) is 15.9 Å². The minimum absolute atomic E-state index is 0.0701. The van der Waals surface area contributed by atoms with Crippen LogP contribution in [0.5, 0.6) is 0 Å². The molecular weight excluding hydrogens is 345 g/mol. The Bertz CT molecular complexity index is 891. The van der Waals surface area contributed by atoms with Crippen LogP contribution >= 0.6 is 11.6 Å². The molecule has 0 aliphatic carbocycles. The van der Waals surface area contributed by atoms with E-state index in [9.17, 15) is 9.18 Å². The molecule has 8 heteroatoms. The van der Waals surface area contributed by atoms with Crippen LogP contribution in [0.15, 0.2) is 55.1 Å². The molecule has 3 rings (SSSR count). The topological polar surface area (TPSA) is 79.8 Å². The van der Waals surface area contributed by atoms with Gasteiger partial charge in [-0.2, -0.15) is 0 Å². The van der Waals surface area contributed by atoms with Crippen molar-refractivity contribution in [3.8, 4) is 0 Å². The summed E-state index contributed by atoms with van der Waals surface area (Å²) < 4.78 is 13.2. The number of hydrogen-bond donors (Lipinski definition) is 2. The van der Waals surface area contributed by atoms with E-state index >= 15 is 0 Å². The number of aromatic nitrogens is 3. The first kappa shape index (κ1) is 16.8. The van der Waals surface area contributed by atoms with E-state index in [0.29, 0.717) is 18.1 Å². The molecule has 2 N–H and O–H groups in total. The lowest BCUT2D eigenvalue weighted by Crippen LogP contribution is -2.14. The molecule has 1 amide bonds. The van der Waals surface area contributed by atoms with Gasteiger partial charge in [-0.1, -0.05) is 17.7 Å². The van der Waals surface area contributed by atoms with Crippen LogP contribution in [0, 0.1) is 5.82 Å². The number of anilines is 2. The lowest BCUT2D eigenvalue weighted by atomic mass is 10.2. The van der Waals surface area contributed by atoms with Crippen LogP contribution in [0.25, 0.3) is 0 Å². The summed E-state index contributed by atoms with van der Waals surface area (Å²) in [7, 11) is 0. The molecule has 0 aliphatic rings. The second-order valence-electron chi connectivity index (χ2n) is 5.09. The van der Waals surface area contributed by atoms with Gasteiger partial charge < -0.3 is 10.6 Å². The summed E-state index contributed by atoms with van der Waals surface area (Å²) in [5, 5.41) is 5.63. The summed E-state index contributed by atoms with van der Waals surface area (Å²) in [4.78, 5) is 24.3. The highest BCUT2D eigenvalue weighted by atomic mass is 35.5. The largest absolute Gasteiger partial charge is 0.366 e. The quantitative estimate of drug-likeness (QED) is 0.730. The number of carbonyl (C=O) groups is 1. The third kappa shape index (κ3) is 4.48. The molecule has 0 unspecified atom stereocenters. The number of halogens is 2. The third-order valence-corrected chi connectivity index (χ3v) is 3.56. The van der Waals surface area contributed by atoms with Gasteiger partial charge in [-0.3, -0.25) is 9.78 Å². The first-order valence-corrected chi connectivity index (χ1v) is 7.71. The number of amides is 1. The highest BCUT2D eigenvalue weighted by Crippen LogP contribution is 2.20. The summed E-state index contributed by atoms with van der Waals surface area (Å²) in [5.41, 5.74) is 1.53. The van der Waals surface area contributed by atoms with Crippen molar-refractivity contribution in [2.24, 2.45) is 0 Å². The van der Waals surface area contributed by atoms with E-state index in [2.05, 4.69) is 25.6 Å². The minimum Gasteiger partial charge on any atom is -0.366 e. The van der Waals surface area contributed by atoms with Crippen molar-refractivity contribution in [3.05, 3.63) is 77.2 Å². The number of pyridine rings is 1. The maximum absolute atomic E-state index is 13.2. The fourth-order valence-corrected chi connectivity index (χ4v) is 2.22. The molecule has 0 spiro atoms. The number of benzene rings is 1. The maximum Gasteiger partial charge on any atom is 0.274 e. The highest BCUT2D eigenvalue weighted by molar-refractivity contribution is 6.31. The van der Waals surface area contributed by atoms with Gasteiger partial charge in [0.25, 0.3) is 5.91 Å². The van der Waals surface area contributed by atoms with Crippen molar-refractivity contribution < 1.29 is 9.18 Å². The first-order chi connectivity index (χ1) is 12.1. The summed E-state index contributed by atoms with van der Waals surface area (Å²) >= 11 is 5.70. The fraction of sp³-hybridized carbons (Fsp3) is 0.0588. The molecule has 0 fully saturated rings. The second-order valence-corrected chi connectivity index (χ2v) is 5.49. The van der Waals surface area contributed by atoms with Crippen LogP contribution in [-0.4, -0.2) is 20.9 Å². The molecule has 0 radical (unpaired) electrons. The first-order valence-electron chi connectivity index (χ1n) is 7.33. The SMILES string of the molecule is O=C(Nc1ccc(F)c(Cl)c1)c1cc(NCc2cccnc2)ncn1. The zero-order chi connectivity index (χ0) is 17.6. The summed E-state index contributed by atoms with van der Waals surface area (Å²) in [6, 6.07) is 9.21. The molecule has 0 saturated carbocycles. The van der Waals surface area contributed by atoms with Gasteiger partial charge >= 0.3 is 0 Å². The number of nitrogens with zero attached hydrogens (tertiary/aromatic N) is 3. The van der Waals surface area contributed by atoms with Crippen LogP contribution in [0.1, 0.15) is 16.1 Å². The molecule has 0 bridgehead atoms. The van der Waals surface area contributed by atoms with Crippen molar-refractivity contribution in [2.45, 2.75) is 6.54 Å². The Morgan fingerprint density at radius 1 is 1.20 bits per heavy atom. The Hall–Kier alpha value is -3.06. The van der Waals surface area contributed by atoms with E-state index < -0.39 is 11.7 Å². The van der Waals surface area contributed by atoms with Gasteiger partial charge in [-0.05, 0) is 29.8 Å². The molecule has 1 aromatic carbocycles. The van der Waals surface area contributed by atoms with Crippen molar-refractivity contribution in [1.82, 2.24) is 15.0 Å². The van der Waals surface area contributed by atoms with Gasteiger partial charge in [0.15, 0.2) is 0 Å². The van der Waals surface area contributed by atoms with Gasteiger partial charge in [0, 0.05) is 30.7 Å². The fourth-order valence-electron chi connectivity index (χ4n) is 2.04. The van der Waals surface area contributed by atoms with Gasteiger partial charge in [0.05, 0.1) is 5.02 Å². The molecule has 0 atom stereocenters. The Morgan fingerprint density at radius 2 is 2.08 bits per heavy atom. The average molecular weight is 358 g/mol. The Labute approximate surface area is 148 Å². The van der Waals surface area contributed by atoms with Gasteiger partial charge in [-0.25, -0.2) is 14.4 Å². The van der Waals surface area contributed by atoms with Crippen molar-refractivity contribution in [1.29, 1.82) is 0 Å². The summed E-state index contributed by atoms with van der Waals surface area (Å²) in [6.07, 6.45) is 4.72. The second kappa shape index (κ2) is 7.67. The number of nitrogens with one attached hydrogen (secondary N) is 2. The highest BCUT2D eigenvalue weighted by Gasteiger charge is 2.10. The van der Waals surface area contributed by atoms with E-state index in [1.165, 1.54) is 30.6 Å². The molecule has 2 aromatic heterocycles. The molecule has 3 aromatic rings. The Balaban J connectivity index is 1.67. The molecule has 25 heavy (non-hydrogen) atoms. The molecule has 6 nitrogen and oxygen atoms in total. The summed E-state index contributed by atoms with van der Waals surface area (Å²) in [6.45, 7) is 0.513. The third-order valence-electron chi connectivity index (χ3n) is 3.27. The number of carbonyl (C=O) groups excluding carboxylic acids is 1. The van der Waals surface area contributed by atoms with Crippen LogP contribution in [0.3, 0.4) is 0 Å². The predicted molar refractivity (Wildman–Crippen MR) is 93.0 cm³/mol. The van der Waals surface area contributed by atoms with E-state index in [0.717, 1.165) is 5.56 Å². The minimum atomic E-state index is -0.552.